The summed E-state index contributed by atoms with van der Waals surface area (Å²) in [4.78, 5) is 35.4. The molecule has 0 aliphatic heterocycles. The number of carbonyl (C=O) groups excluding carboxylic acids is 3. The fraction of sp³-hybridized carbons (Fsp3) is 0.292. The van der Waals surface area contributed by atoms with E-state index in [1.807, 2.05) is 0 Å². The van der Waals surface area contributed by atoms with Crippen molar-refractivity contribution in [3.05, 3.63) is 65.7 Å². The van der Waals surface area contributed by atoms with Gasteiger partial charge in [-0.1, -0.05) is 12.1 Å². The molecule has 2 aromatic carbocycles. The highest BCUT2D eigenvalue weighted by Crippen LogP contribution is 2.22. The minimum absolute atomic E-state index is 0.0138. The minimum Gasteiger partial charge on any atom is -0.457 e. The van der Waals surface area contributed by atoms with Crippen LogP contribution in [0.2, 0.25) is 0 Å². The number of hydrogen-bond donors (Lipinski definition) is 0. The summed E-state index contributed by atoms with van der Waals surface area (Å²) in [5.74, 6) is -1.91. The molecule has 0 aliphatic rings. The van der Waals surface area contributed by atoms with Gasteiger partial charge in [0.2, 0.25) is 0 Å². The number of halogens is 3. The van der Waals surface area contributed by atoms with E-state index in [1.54, 1.807) is 51.1 Å². The maximum Gasteiger partial charge on any atom is 0.389 e. The zero-order valence-electron chi connectivity index (χ0n) is 18.3. The van der Waals surface area contributed by atoms with Crippen LogP contribution in [-0.2, 0) is 14.3 Å². The monoisotopic (exact) mass is 464 g/mol. The van der Waals surface area contributed by atoms with Crippen molar-refractivity contribution in [1.82, 2.24) is 0 Å². The van der Waals surface area contributed by atoms with Crippen LogP contribution in [-0.4, -0.2) is 29.7 Å². The Hall–Kier alpha value is -3.62. The van der Waals surface area contributed by atoms with E-state index in [4.69, 9.17) is 14.2 Å². The van der Waals surface area contributed by atoms with Gasteiger partial charge in [-0.3, -0.25) is 4.79 Å². The molecule has 0 N–H and O–H groups in total. The van der Waals surface area contributed by atoms with Crippen LogP contribution >= 0.6 is 0 Å². The summed E-state index contributed by atoms with van der Waals surface area (Å²) < 4.78 is 51.7. The van der Waals surface area contributed by atoms with Gasteiger partial charge in [0.05, 0.1) is 18.4 Å². The normalized spacial score (nSPS) is 11.8. The number of rotatable bonds is 7. The van der Waals surface area contributed by atoms with Crippen molar-refractivity contribution >= 4 is 24.0 Å². The van der Waals surface area contributed by atoms with Crippen LogP contribution in [0.25, 0.3) is 6.08 Å². The van der Waals surface area contributed by atoms with Crippen LogP contribution in [0.3, 0.4) is 0 Å². The molecule has 0 saturated heterocycles. The zero-order valence-corrected chi connectivity index (χ0v) is 18.3. The second-order valence-corrected chi connectivity index (χ2v) is 7.94. The smallest absolute Gasteiger partial charge is 0.389 e. The highest BCUT2D eigenvalue weighted by molar-refractivity contribution is 5.91. The van der Waals surface area contributed by atoms with E-state index in [0.717, 1.165) is 0 Å². The molecular weight excluding hydrogens is 441 g/mol. The lowest BCUT2D eigenvalue weighted by molar-refractivity contribution is -0.151. The van der Waals surface area contributed by atoms with Gasteiger partial charge in [0.25, 0.3) is 0 Å². The summed E-state index contributed by atoms with van der Waals surface area (Å²) >= 11 is 0. The van der Waals surface area contributed by atoms with Crippen molar-refractivity contribution in [2.24, 2.45) is 0 Å². The molecule has 2 aromatic rings. The summed E-state index contributed by atoms with van der Waals surface area (Å²) in [5, 5.41) is 0. The molecule has 9 heteroatoms. The number of benzene rings is 2. The lowest BCUT2D eigenvalue weighted by Crippen LogP contribution is -2.22. The van der Waals surface area contributed by atoms with Crippen LogP contribution in [0.4, 0.5) is 13.2 Å². The van der Waals surface area contributed by atoms with Crippen LogP contribution in [0.5, 0.6) is 11.5 Å². The van der Waals surface area contributed by atoms with Gasteiger partial charge in [0.15, 0.2) is 0 Å². The van der Waals surface area contributed by atoms with Crippen molar-refractivity contribution < 1.29 is 41.8 Å². The Labute approximate surface area is 189 Å². The summed E-state index contributed by atoms with van der Waals surface area (Å²) in [6.45, 7) is 5.29. The molecule has 0 spiro atoms. The number of esters is 3. The van der Waals surface area contributed by atoms with Crippen molar-refractivity contribution in [2.75, 3.05) is 0 Å². The van der Waals surface area contributed by atoms with E-state index in [-0.39, 0.29) is 17.1 Å². The minimum atomic E-state index is -4.45. The lowest BCUT2D eigenvalue weighted by Gasteiger charge is -2.17. The molecule has 0 atom stereocenters. The van der Waals surface area contributed by atoms with Gasteiger partial charge in [-0.2, -0.15) is 13.2 Å². The Bertz CT molecular complexity index is 1000. The topological polar surface area (TPSA) is 78.9 Å². The highest BCUT2D eigenvalue weighted by Gasteiger charge is 2.28. The number of alkyl halides is 3. The highest BCUT2D eigenvalue weighted by atomic mass is 19.4. The number of ether oxygens (including phenoxy) is 3. The van der Waals surface area contributed by atoms with Crippen molar-refractivity contribution in [1.29, 1.82) is 0 Å². The zero-order chi connectivity index (χ0) is 24.6. The molecule has 0 saturated carbocycles. The average Bonchev–Trinajstić information content (AvgIpc) is 2.70. The standard InChI is InChI=1S/C24H23F3O6/c1-23(2,3)33-21(29)13-6-16-4-9-19(10-5-16)32-22(30)17-7-11-18(12-8-17)31-20(28)14-15-24(25,26)27/h4-13H,14-15H2,1-3H3/b13-6+. The van der Waals surface area contributed by atoms with Crippen molar-refractivity contribution in [3.8, 4) is 11.5 Å². The third kappa shape index (κ3) is 10.0. The van der Waals surface area contributed by atoms with Gasteiger partial charge in [-0.05, 0) is 68.8 Å². The SMILES string of the molecule is CC(C)(C)OC(=O)/C=C/c1ccc(OC(=O)c2ccc(OC(=O)CCC(F)(F)F)cc2)cc1. The molecule has 0 bridgehead atoms. The molecular formula is C24H23F3O6. The van der Waals surface area contributed by atoms with Crippen LogP contribution < -0.4 is 9.47 Å². The maximum atomic E-state index is 12.3. The largest absolute Gasteiger partial charge is 0.457 e. The van der Waals surface area contributed by atoms with E-state index in [9.17, 15) is 27.6 Å². The Morgan fingerprint density at radius 3 is 1.94 bits per heavy atom. The number of carbonyl (C=O) groups is 3. The van der Waals surface area contributed by atoms with Crippen LogP contribution in [0.15, 0.2) is 54.6 Å². The van der Waals surface area contributed by atoms with Crippen molar-refractivity contribution in [2.45, 2.75) is 45.4 Å². The molecule has 0 fully saturated rings. The second-order valence-electron chi connectivity index (χ2n) is 7.94. The average molecular weight is 464 g/mol. The molecule has 6 nitrogen and oxygen atoms in total. The molecule has 0 amide bonds. The predicted octanol–water partition coefficient (Wildman–Crippen LogP) is 5.51. The van der Waals surface area contributed by atoms with E-state index in [1.165, 1.54) is 30.3 Å². The summed E-state index contributed by atoms with van der Waals surface area (Å²) in [5.41, 5.74) is 0.253. The van der Waals surface area contributed by atoms with E-state index in [0.29, 0.717) is 5.56 Å². The fourth-order valence-electron chi connectivity index (χ4n) is 2.40. The first kappa shape index (κ1) is 25.6. The molecule has 0 unspecified atom stereocenters. The first-order valence-electron chi connectivity index (χ1n) is 9.91. The van der Waals surface area contributed by atoms with E-state index >= 15 is 0 Å². The molecule has 33 heavy (non-hydrogen) atoms. The summed E-state index contributed by atoms with van der Waals surface area (Å²) in [6.07, 6.45) is -3.65. The first-order valence-corrected chi connectivity index (χ1v) is 9.91. The van der Waals surface area contributed by atoms with Gasteiger partial charge in [0, 0.05) is 6.08 Å². The summed E-state index contributed by atoms with van der Waals surface area (Å²) in [6, 6.07) is 11.6. The summed E-state index contributed by atoms with van der Waals surface area (Å²) in [7, 11) is 0. The first-order chi connectivity index (χ1) is 15.3. The molecule has 2 rings (SSSR count). The van der Waals surface area contributed by atoms with Gasteiger partial charge in [-0.25, -0.2) is 9.59 Å². The second kappa shape index (κ2) is 10.8. The van der Waals surface area contributed by atoms with Gasteiger partial charge in [0.1, 0.15) is 17.1 Å². The molecule has 0 aliphatic carbocycles. The van der Waals surface area contributed by atoms with E-state index in [2.05, 4.69) is 0 Å². The van der Waals surface area contributed by atoms with E-state index < -0.39 is 42.5 Å². The Balaban J connectivity index is 1.89. The predicted molar refractivity (Wildman–Crippen MR) is 114 cm³/mol. The Morgan fingerprint density at radius 1 is 0.848 bits per heavy atom. The quantitative estimate of drug-likeness (QED) is 0.306. The Kier molecular flexibility index (Phi) is 8.39. The van der Waals surface area contributed by atoms with Crippen molar-refractivity contribution in [3.63, 3.8) is 0 Å². The molecule has 0 aromatic heterocycles. The molecule has 0 heterocycles. The van der Waals surface area contributed by atoms with Gasteiger partial charge < -0.3 is 14.2 Å². The van der Waals surface area contributed by atoms with Gasteiger partial charge >= 0.3 is 24.1 Å². The Morgan fingerprint density at radius 2 is 1.39 bits per heavy atom. The molecule has 0 radical (unpaired) electrons. The maximum absolute atomic E-state index is 12.3. The number of hydrogen-bond acceptors (Lipinski definition) is 6. The third-order valence-electron chi connectivity index (χ3n) is 3.84. The molecule has 176 valence electrons. The lowest BCUT2D eigenvalue weighted by atomic mass is 10.2. The van der Waals surface area contributed by atoms with Crippen LogP contribution in [0.1, 0.15) is 49.5 Å². The van der Waals surface area contributed by atoms with Gasteiger partial charge in [-0.15, -0.1) is 0 Å². The van der Waals surface area contributed by atoms with Crippen LogP contribution in [0, 0.1) is 0 Å². The third-order valence-corrected chi connectivity index (χ3v) is 3.84. The fourth-order valence-corrected chi connectivity index (χ4v) is 2.40.